The Hall–Kier alpha value is -1.42. The molecule has 4 heteroatoms. The highest BCUT2D eigenvalue weighted by Crippen LogP contribution is 2.30. The van der Waals surface area contributed by atoms with Gasteiger partial charge in [0.2, 0.25) is 0 Å². The Morgan fingerprint density at radius 3 is 2.50 bits per heavy atom. The second-order valence-electron chi connectivity index (χ2n) is 6.11. The molecule has 1 aromatic carbocycles. The highest BCUT2D eigenvalue weighted by Gasteiger charge is 2.19. The Morgan fingerprint density at radius 1 is 1.14 bits per heavy atom. The first-order valence-electron chi connectivity index (χ1n) is 8.13. The third kappa shape index (κ3) is 3.02. The molecule has 1 fully saturated rings. The number of benzene rings is 1. The van der Waals surface area contributed by atoms with E-state index < -0.39 is 0 Å². The molecular formula is C18H24N2OS. The second kappa shape index (κ2) is 6.78. The summed E-state index contributed by atoms with van der Waals surface area (Å²) < 4.78 is 3.76. The van der Waals surface area contributed by atoms with Gasteiger partial charge < -0.3 is 0 Å². The van der Waals surface area contributed by atoms with Crippen molar-refractivity contribution in [3.8, 4) is 5.69 Å². The number of nitrogens with zero attached hydrogens (tertiary/aromatic N) is 2. The van der Waals surface area contributed by atoms with Gasteiger partial charge in [-0.25, -0.2) is 4.68 Å². The van der Waals surface area contributed by atoms with Crippen molar-refractivity contribution in [2.24, 2.45) is 7.05 Å². The number of para-hydroxylation sites is 1. The summed E-state index contributed by atoms with van der Waals surface area (Å²) in [6.07, 6.45) is 6.69. The minimum Gasteiger partial charge on any atom is -0.285 e. The van der Waals surface area contributed by atoms with Crippen molar-refractivity contribution in [3.05, 3.63) is 51.9 Å². The third-order valence-corrected chi connectivity index (χ3v) is 6.09. The maximum atomic E-state index is 12.8. The lowest BCUT2D eigenvalue weighted by molar-refractivity contribution is 0.516. The summed E-state index contributed by atoms with van der Waals surface area (Å²) >= 11 is 1.97. The number of thioether (sulfide) groups is 1. The van der Waals surface area contributed by atoms with Gasteiger partial charge in [-0.05, 0) is 31.9 Å². The minimum absolute atomic E-state index is 0.134. The van der Waals surface area contributed by atoms with Crippen LogP contribution in [0.15, 0.2) is 35.1 Å². The summed E-state index contributed by atoms with van der Waals surface area (Å²) in [5, 5.41) is 0.734. The Morgan fingerprint density at radius 2 is 1.82 bits per heavy atom. The van der Waals surface area contributed by atoms with Crippen molar-refractivity contribution >= 4 is 11.8 Å². The summed E-state index contributed by atoms with van der Waals surface area (Å²) in [7, 11) is 1.97. The third-order valence-electron chi connectivity index (χ3n) is 4.69. The summed E-state index contributed by atoms with van der Waals surface area (Å²) in [5.74, 6) is 0.836. The van der Waals surface area contributed by atoms with Gasteiger partial charge in [-0.2, -0.15) is 11.8 Å². The van der Waals surface area contributed by atoms with E-state index in [-0.39, 0.29) is 5.56 Å². The summed E-state index contributed by atoms with van der Waals surface area (Å²) in [4.78, 5) is 12.8. The number of rotatable bonds is 4. The smallest absolute Gasteiger partial charge is 0.275 e. The van der Waals surface area contributed by atoms with Crippen LogP contribution in [0.3, 0.4) is 0 Å². The molecular weight excluding hydrogens is 292 g/mol. The molecule has 22 heavy (non-hydrogen) atoms. The Kier molecular flexibility index (Phi) is 4.77. The second-order valence-corrected chi connectivity index (χ2v) is 7.40. The van der Waals surface area contributed by atoms with Crippen molar-refractivity contribution in [2.45, 2.75) is 50.0 Å². The van der Waals surface area contributed by atoms with E-state index in [0.29, 0.717) is 0 Å². The monoisotopic (exact) mass is 316 g/mol. The Balaban J connectivity index is 1.85. The van der Waals surface area contributed by atoms with Crippen LogP contribution in [0, 0.1) is 6.92 Å². The highest BCUT2D eigenvalue weighted by atomic mass is 32.2. The van der Waals surface area contributed by atoms with Gasteiger partial charge in [-0.15, -0.1) is 0 Å². The molecule has 0 saturated heterocycles. The van der Waals surface area contributed by atoms with Crippen molar-refractivity contribution < 1.29 is 0 Å². The minimum atomic E-state index is 0.134. The summed E-state index contributed by atoms with van der Waals surface area (Å²) in [6.45, 7) is 2.05. The lowest BCUT2D eigenvalue weighted by Gasteiger charge is -2.20. The first-order valence-corrected chi connectivity index (χ1v) is 9.18. The molecule has 0 atom stereocenters. The van der Waals surface area contributed by atoms with E-state index in [2.05, 4.69) is 6.92 Å². The molecule has 0 radical (unpaired) electrons. The molecule has 3 nitrogen and oxygen atoms in total. The first kappa shape index (κ1) is 15.5. The van der Waals surface area contributed by atoms with Gasteiger partial charge >= 0.3 is 0 Å². The molecule has 1 aromatic heterocycles. The summed E-state index contributed by atoms with van der Waals surface area (Å²) in [6, 6.07) is 9.89. The van der Waals surface area contributed by atoms with Crippen molar-refractivity contribution in [3.63, 3.8) is 0 Å². The zero-order valence-corrected chi connectivity index (χ0v) is 14.2. The lowest BCUT2D eigenvalue weighted by atomic mass is 10.0. The maximum absolute atomic E-state index is 12.8. The quantitative estimate of drug-likeness (QED) is 0.851. The molecule has 1 aliphatic rings. The van der Waals surface area contributed by atoms with Gasteiger partial charge in [-0.3, -0.25) is 9.48 Å². The number of aromatic nitrogens is 2. The predicted molar refractivity (Wildman–Crippen MR) is 93.9 cm³/mol. The topological polar surface area (TPSA) is 26.9 Å². The van der Waals surface area contributed by atoms with Crippen molar-refractivity contribution in [1.29, 1.82) is 0 Å². The number of hydrogen-bond donors (Lipinski definition) is 0. The van der Waals surface area contributed by atoms with Crippen LogP contribution in [0.4, 0.5) is 0 Å². The van der Waals surface area contributed by atoms with Crippen LogP contribution < -0.4 is 5.56 Å². The normalized spacial score (nSPS) is 16.1. The first-order chi connectivity index (χ1) is 10.7. The molecule has 1 aliphatic carbocycles. The maximum Gasteiger partial charge on any atom is 0.275 e. The van der Waals surface area contributed by atoms with Crippen LogP contribution >= 0.6 is 11.8 Å². The molecule has 0 unspecified atom stereocenters. The Labute approximate surface area is 136 Å². The molecule has 2 aromatic rings. The highest BCUT2D eigenvalue weighted by molar-refractivity contribution is 7.99. The van der Waals surface area contributed by atoms with Crippen LogP contribution in [0.25, 0.3) is 5.69 Å². The van der Waals surface area contributed by atoms with Gasteiger partial charge in [0.05, 0.1) is 5.69 Å². The van der Waals surface area contributed by atoms with Crippen LogP contribution in [0.2, 0.25) is 0 Å². The van der Waals surface area contributed by atoms with E-state index in [1.165, 1.54) is 32.1 Å². The van der Waals surface area contributed by atoms with Crippen LogP contribution in [-0.2, 0) is 12.8 Å². The van der Waals surface area contributed by atoms with Gasteiger partial charge in [0.1, 0.15) is 0 Å². The fourth-order valence-corrected chi connectivity index (χ4v) is 4.62. The molecule has 0 spiro atoms. The zero-order chi connectivity index (χ0) is 15.5. The summed E-state index contributed by atoms with van der Waals surface area (Å²) in [5.41, 5.74) is 3.11. The SMILES string of the molecule is Cc1c(CSC2CCCCC2)c(=O)n(-c2ccccc2)n1C. The predicted octanol–water partition coefficient (Wildman–Crippen LogP) is 4.05. The van der Waals surface area contributed by atoms with E-state index in [4.69, 9.17) is 0 Å². The van der Waals surface area contributed by atoms with Gasteiger partial charge in [0, 0.05) is 29.3 Å². The molecule has 0 N–H and O–H groups in total. The van der Waals surface area contributed by atoms with E-state index >= 15 is 0 Å². The molecule has 1 heterocycles. The fraction of sp³-hybridized carbons (Fsp3) is 0.500. The largest absolute Gasteiger partial charge is 0.285 e. The number of hydrogen-bond acceptors (Lipinski definition) is 2. The van der Waals surface area contributed by atoms with Gasteiger partial charge in [-0.1, -0.05) is 37.5 Å². The van der Waals surface area contributed by atoms with Crippen LogP contribution in [0.1, 0.15) is 43.4 Å². The van der Waals surface area contributed by atoms with Gasteiger partial charge in [0.15, 0.2) is 0 Å². The zero-order valence-electron chi connectivity index (χ0n) is 13.4. The van der Waals surface area contributed by atoms with E-state index in [9.17, 15) is 4.79 Å². The molecule has 3 rings (SSSR count). The average molecular weight is 316 g/mol. The lowest BCUT2D eigenvalue weighted by Crippen LogP contribution is -2.21. The van der Waals surface area contributed by atoms with Crippen molar-refractivity contribution in [1.82, 2.24) is 9.36 Å². The molecule has 0 amide bonds. The van der Waals surface area contributed by atoms with Crippen LogP contribution in [-0.4, -0.2) is 14.6 Å². The standard InChI is InChI=1S/C18H24N2OS/c1-14-17(13-22-16-11-7-4-8-12-16)18(21)20(19(14)2)15-9-5-3-6-10-15/h3,5-6,9-10,16H,4,7-8,11-13H2,1-2H3. The Bertz CT molecular complexity index is 681. The molecule has 118 valence electrons. The van der Waals surface area contributed by atoms with Crippen LogP contribution in [0.5, 0.6) is 0 Å². The van der Waals surface area contributed by atoms with Crippen molar-refractivity contribution in [2.75, 3.05) is 0 Å². The van der Waals surface area contributed by atoms with E-state index in [1.807, 2.05) is 53.8 Å². The van der Waals surface area contributed by atoms with E-state index in [0.717, 1.165) is 27.9 Å². The van der Waals surface area contributed by atoms with E-state index in [1.54, 1.807) is 4.68 Å². The molecule has 1 saturated carbocycles. The molecule has 0 bridgehead atoms. The van der Waals surface area contributed by atoms with Gasteiger partial charge in [0.25, 0.3) is 5.56 Å². The average Bonchev–Trinajstić information content (AvgIpc) is 2.77. The fourth-order valence-electron chi connectivity index (χ4n) is 3.22. The molecule has 0 aliphatic heterocycles.